The van der Waals surface area contributed by atoms with E-state index >= 15 is 0 Å². The molecule has 0 radical (unpaired) electrons. The lowest BCUT2D eigenvalue weighted by molar-refractivity contribution is -0.121. The number of rotatable bonds is 5. The summed E-state index contributed by atoms with van der Waals surface area (Å²) in [5, 5.41) is 19.7. The topological polar surface area (TPSA) is 109 Å². The van der Waals surface area contributed by atoms with Gasteiger partial charge in [0.05, 0.1) is 30.4 Å². The van der Waals surface area contributed by atoms with Crippen LogP contribution in [0.5, 0.6) is 17.2 Å². The minimum atomic E-state index is -1.10. The molecule has 0 unspecified atom stereocenters. The van der Waals surface area contributed by atoms with Crippen molar-refractivity contribution in [3.63, 3.8) is 0 Å². The highest BCUT2D eigenvalue weighted by Crippen LogP contribution is 2.39. The predicted octanol–water partition coefficient (Wildman–Crippen LogP) is 3.34. The van der Waals surface area contributed by atoms with Crippen molar-refractivity contribution in [2.45, 2.75) is 0 Å². The minimum absolute atomic E-state index is 0.0480. The van der Waals surface area contributed by atoms with Crippen molar-refractivity contribution in [2.75, 3.05) is 21.3 Å². The summed E-state index contributed by atoms with van der Waals surface area (Å²) in [5.41, 5.74) is 0.899. The number of ether oxygens (including phenoxy) is 2. The fourth-order valence-electron chi connectivity index (χ4n) is 2.66. The Bertz CT molecular complexity index is 1020. The van der Waals surface area contributed by atoms with E-state index in [1.54, 1.807) is 43.5 Å². The van der Waals surface area contributed by atoms with Crippen molar-refractivity contribution < 1.29 is 29.3 Å². The maximum Gasteiger partial charge on any atom is 0.337 e. The van der Waals surface area contributed by atoms with Crippen molar-refractivity contribution in [1.29, 1.82) is 0 Å². The largest absolute Gasteiger partial charge is 0.502 e. The summed E-state index contributed by atoms with van der Waals surface area (Å²) in [7, 11) is 4.40. The monoisotopic (exact) mass is 414 g/mol. The lowest BCUT2D eigenvalue weighted by Crippen LogP contribution is -2.23. The smallest absolute Gasteiger partial charge is 0.337 e. The summed E-state index contributed by atoms with van der Waals surface area (Å²) in [6.45, 7) is 0. The van der Waals surface area contributed by atoms with Crippen molar-refractivity contribution in [3.8, 4) is 17.2 Å². The highest BCUT2D eigenvalue weighted by molar-refractivity contribution is 8.18. The van der Waals surface area contributed by atoms with Gasteiger partial charge in [-0.05, 0) is 47.7 Å². The summed E-state index contributed by atoms with van der Waals surface area (Å²) in [6, 6.07) is 9.47. The number of nitrogens with zero attached hydrogens (tertiary/aromatic N) is 2. The Labute approximate surface area is 171 Å². The Morgan fingerprint density at radius 3 is 2.38 bits per heavy atom. The molecule has 3 rings (SSSR count). The van der Waals surface area contributed by atoms with Gasteiger partial charge in [-0.1, -0.05) is 12.1 Å². The number of amides is 1. The molecule has 0 aliphatic carbocycles. The average molecular weight is 414 g/mol. The molecular weight excluding hydrogens is 396 g/mol. The van der Waals surface area contributed by atoms with E-state index in [9.17, 15) is 19.8 Å². The number of aromatic hydroxyl groups is 1. The van der Waals surface area contributed by atoms with E-state index in [1.165, 1.54) is 25.2 Å². The second-order valence-corrected chi connectivity index (χ2v) is 6.97. The molecule has 1 fully saturated rings. The maximum absolute atomic E-state index is 12.6. The van der Waals surface area contributed by atoms with Crippen LogP contribution in [0.2, 0.25) is 0 Å². The number of benzene rings is 2. The Hall–Kier alpha value is -3.46. The molecule has 9 heteroatoms. The van der Waals surface area contributed by atoms with Gasteiger partial charge in [0, 0.05) is 7.05 Å². The van der Waals surface area contributed by atoms with E-state index in [0.29, 0.717) is 15.6 Å². The van der Waals surface area contributed by atoms with Crippen LogP contribution in [0, 0.1) is 0 Å². The molecule has 29 heavy (non-hydrogen) atoms. The molecule has 1 amide bonds. The van der Waals surface area contributed by atoms with Gasteiger partial charge in [-0.3, -0.25) is 9.69 Å². The first-order valence-corrected chi connectivity index (χ1v) is 9.21. The first-order chi connectivity index (χ1) is 13.8. The fourth-order valence-corrected chi connectivity index (χ4v) is 3.63. The number of phenols is 1. The first kappa shape index (κ1) is 20.3. The number of aliphatic imine (C=N–C) groups is 1. The van der Waals surface area contributed by atoms with E-state index < -0.39 is 5.97 Å². The van der Waals surface area contributed by atoms with Gasteiger partial charge in [-0.2, -0.15) is 0 Å². The Morgan fingerprint density at radius 2 is 1.79 bits per heavy atom. The Morgan fingerprint density at radius 1 is 1.17 bits per heavy atom. The van der Waals surface area contributed by atoms with Crippen LogP contribution in [0.3, 0.4) is 0 Å². The van der Waals surface area contributed by atoms with Gasteiger partial charge in [0.1, 0.15) is 0 Å². The van der Waals surface area contributed by atoms with Crippen molar-refractivity contribution in [2.24, 2.45) is 4.99 Å². The summed E-state index contributed by atoms with van der Waals surface area (Å²) in [6.07, 6.45) is 1.62. The van der Waals surface area contributed by atoms with Crippen molar-refractivity contribution in [1.82, 2.24) is 4.90 Å². The highest BCUT2D eigenvalue weighted by atomic mass is 32.2. The van der Waals surface area contributed by atoms with Gasteiger partial charge >= 0.3 is 5.97 Å². The molecule has 2 aromatic carbocycles. The van der Waals surface area contributed by atoms with Crippen LogP contribution in [-0.4, -0.2) is 53.4 Å². The SMILES string of the molecule is COc1cc(/C=C2\SC(=Nc3ccccc3C(=O)O)N(C)C2=O)cc(OC)c1O. The second kappa shape index (κ2) is 8.27. The van der Waals surface area contributed by atoms with Crippen LogP contribution in [0.1, 0.15) is 15.9 Å². The molecule has 8 nitrogen and oxygen atoms in total. The zero-order chi connectivity index (χ0) is 21.1. The quantitative estimate of drug-likeness (QED) is 0.722. The van der Waals surface area contributed by atoms with Gasteiger partial charge in [-0.25, -0.2) is 9.79 Å². The molecule has 2 N–H and O–H groups in total. The summed E-state index contributed by atoms with van der Waals surface area (Å²) in [4.78, 5) is 30.1. The molecule has 1 heterocycles. The van der Waals surface area contributed by atoms with E-state index in [4.69, 9.17) is 9.47 Å². The van der Waals surface area contributed by atoms with E-state index in [-0.39, 0.29) is 34.4 Å². The van der Waals surface area contributed by atoms with Crippen LogP contribution in [0.4, 0.5) is 5.69 Å². The lowest BCUT2D eigenvalue weighted by atomic mass is 10.1. The lowest BCUT2D eigenvalue weighted by Gasteiger charge is -2.09. The number of aromatic carboxylic acids is 1. The van der Waals surface area contributed by atoms with Gasteiger partial charge in [0.25, 0.3) is 5.91 Å². The third-order valence-corrected chi connectivity index (χ3v) is 5.21. The molecule has 0 atom stereocenters. The number of phenolic OH excluding ortho intramolecular Hbond substituents is 1. The molecule has 1 aliphatic rings. The van der Waals surface area contributed by atoms with E-state index in [1.807, 2.05) is 0 Å². The number of hydrogen-bond acceptors (Lipinski definition) is 7. The fraction of sp³-hybridized carbons (Fsp3) is 0.150. The molecule has 0 spiro atoms. The molecule has 0 aromatic heterocycles. The number of carboxylic acid groups (broad SMARTS) is 1. The van der Waals surface area contributed by atoms with Gasteiger partial charge in [-0.15, -0.1) is 0 Å². The van der Waals surface area contributed by atoms with Crippen LogP contribution in [-0.2, 0) is 4.79 Å². The van der Waals surface area contributed by atoms with E-state index in [2.05, 4.69) is 4.99 Å². The Kier molecular flexibility index (Phi) is 5.79. The number of carbonyl (C=O) groups is 2. The van der Waals surface area contributed by atoms with Crippen LogP contribution in [0.15, 0.2) is 46.3 Å². The number of para-hydroxylation sites is 1. The highest BCUT2D eigenvalue weighted by Gasteiger charge is 2.31. The molecule has 150 valence electrons. The van der Waals surface area contributed by atoms with Gasteiger partial charge < -0.3 is 19.7 Å². The van der Waals surface area contributed by atoms with Crippen LogP contribution in [0.25, 0.3) is 6.08 Å². The standard InChI is InChI=1S/C20H18N2O6S/c1-22-18(24)16(10-11-8-14(27-2)17(23)15(9-11)28-3)29-20(22)21-13-7-5-4-6-12(13)19(25)26/h4-10,23H,1-3H3,(H,25,26)/b16-10-,21-20?. The molecule has 0 bridgehead atoms. The summed E-state index contributed by atoms with van der Waals surface area (Å²) < 4.78 is 10.3. The summed E-state index contributed by atoms with van der Waals surface area (Å²) >= 11 is 1.12. The van der Waals surface area contributed by atoms with Gasteiger partial charge in [0.15, 0.2) is 16.7 Å². The zero-order valence-electron chi connectivity index (χ0n) is 15.9. The van der Waals surface area contributed by atoms with Crippen LogP contribution < -0.4 is 9.47 Å². The average Bonchev–Trinajstić information content (AvgIpc) is 2.97. The minimum Gasteiger partial charge on any atom is -0.502 e. The number of carboxylic acids is 1. The van der Waals surface area contributed by atoms with Crippen molar-refractivity contribution in [3.05, 3.63) is 52.4 Å². The Balaban J connectivity index is 1.99. The third-order valence-electron chi connectivity index (χ3n) is 4.15. The molecular formula is C20H18N2O6S. The third kappa shape index (κ3) is 4.04. The predicted molar refractivity (Wildman–Crippen MR) is 110 cm³/mol. The number of methoxy groups -OCH3 is 2. The number of carbonyl (C=O) groups excluding carboxylic acids is 1. The second-order valence-electron chi connectivity index (χ2n) is 5.97. The summed E-state index contributed by atoms with van der Waals surface area (Å²) in [5.74, 6) is -1.09. The molecule has 0 saturated carbocycles. The number of amidine groups is 1. The normalized spacial score (nSPS) is 16.5. The van der Waals surface area contributed by atoms with Crippen LogP contribution >= 0.6 is 11.8 Å². The number of thioether (sulfide) groups is 1. The molecule has 1 aliphatic heterocycles. The number of likely N-dealkylation sites (N-methyl/N-ethyl adjacent to an activating group) is 1. The zero-order valence-corrected chi connectivity index (χ0v) is 16.7. The van der Waals surface area contributed by atoms with Gasteiger partial charge in [0.2, 0.25) is 5.75 Å². The molecule has 2 aromatic rings. The van der Waals surface area contributed by atoms with Crippen molar-refractivity contribution >= 4 is 40.6 Å². The van der Waals surface area contributed by atoms with E-state index in [0.717, 1.165) is 11.8 Å². The maximum atomic E-state index is 12.6. The first-order valence-electron chi connectivity index (χ1n) is 8.39. The molecule has 1 saturated heterocycles. The number of hydrogen-bond donors (Lipinski definition) is 2.